The molecule has 0 amide bonds. The molecule has 2 heterocycles. The lowest BCUT2D eigenvalue weighted by atomic mass is 9.93. The van der Waals surface area contributed by atoms with Gasteiger partial charge in [-0.3, -0.25) is 0 Å². The third-order valence-electron chi connectivity index (χ3n) is 4.80. The third kappa shape index (κ3) is 3.28. The summed E-state index contributed by atoms with van der Waals surface area (Å²) < 4.78 is 13.0. The van der Waals surface area contributed by atoms with Crippen LogP contribution in [0, 0.1) is 0 Å². The van der Waals surface area contributed by atoms with E-state index in [1.165, 1.54) is 0 Å². The lowest BCUT2D eigenvalue weighted by Crippen LogP contribution is -2.28. The minimum absolute atomic E-state index is 0.0289. The Labute approximate surface area is 158 Å². The summed E-state index contributed by atoms with van der Waals surface area (Å²) in [6, 6.07) is 16.2. The predicted octanol–water partition coefficient (Wildman–Crippen LogP) is 3.41. The minimum atomic E-state index is -0.0289. The van der Waals surface area contributed by atoms with Crippen molar-refractivity contribution in [2.24, 2.45) is 0 Å². The number of anilines is 2. The van der Waals surface area contributed by atoms with Crippen molar-refractivity contribution in [1.82, 2.24) is 14.8 Å². The SMILES string of the molecule is CCOc1ccc(C2CC(c3ccccc3OC)n3nc(N)nc3N2)cc1. The largest absolute Gasteiger partial charge is 0.496 e. The Morgan fingerprint density at radius 1 is 1.19 bits per heavy atom. The first kappa shape index (κ1) is 17.2. The number of nitrogens with zero attached hydrogens (tertiary/aromatic N) is 3. The van der Waals surface area contributed by atoms with Gasteiger partial charge < -0.3 is 20.5 Å². The summed E-state index contributed by atoms with van der Waals surface area (Å²) in [6.45, 7) is 2.63. The molecule has 3 N–H and O–H groups in total. The van der Waals surface area contributed by atoms with Crippen LogP contribution < -0.4 is 20.5 Å². The van der Waals surface area contributed by atoms with Crippen molar-refractivity contribution in [2.75, 3.05) is 24.8 Å². The Morgan fingerprint density at radius 3 is 2.70 bits per heavy atom. The van der Waals surface area contributed by atoms with Gasteiger partial charge in [0.2, 0.25) is 11.9 Å². The van der Waals surface area contributed by atoms with Gasteiger partial charge in [0, 0.05) is 5.56 Å². The molecule has 1 aliphatic heterocycles. The van der Waals surface area contributed by atoms with Crippen LogP contribution in [0.5, 0.6) is 11.5 Å². The first-order valence-corrected chi connectivity index (χ1v) is 9.03. The molecule has 1 aliphatic rings. The molecule has 0 radical (unpaired) electrons. The van der Waals surface area contributed by atoms with Gasteiger partial charge in [-0.25, -0.2) is 4.68 Å². The molecule has 0 saturated heterocycles. The van der Waals surface area contributed by atoms with Crippen molar-refractivity contribution in [3.05, 3.63) is 59.7 Å². The number of ether oxygens (including phenoxy) is 2. The van der Waals surface area contributed by atoms with Gasteiger partial charge in [0.25, 0.3) is 0 Å². The van der Waals surface area contributed by atoms with Crippen LogP contribution in [0.2, 0.25) is 0 Å². The summed E-state index contributed by atoms with van der Waals surface area (Å²) >= 11 is 0. The van der Waals surface area contributed by atoms with E-state index in [2.05, 4.69) is 33.6 Å². The zero-order chi connectivity index (χ0) is 18.8. The van der Waals surface area contributed by atoms with Crippen molar-refractivity contribution >= 4 is 11.9 Å². The maximum atomic E-state index is 5.88. The van der Waals surface area contributed by atoms with Gasteiger partial charge in [0.05, 0.1) is 25.8 Å². The highest BCUT2D eigenvalue weighted by atomic mass is 16.5. The molecule has 0 saturated carbocycles. The van der Waals surface area contributed by atoms with Gasteiger partial charge >= 0.3 is 0 Å². The molecule has 140 valence electrons. The lowest BCUT2D eigenvalue weighted by molar-refractivity contribution is 0.340. The van der Waals surface area contributed by atoms with Crippen LogP contribution in [0.3, 0.4) is 0 Å². The molecule has 4 rings (SSSR count). The standard InChI is InChI=1S/C20H23N5O2/c1-3-27-14-10-8-13(9-11-14)16-12-17(15-6-4-5-7-18(15)26-2)25-20(22-16)23-19(21)24-25/h4-11,16-17H,3,12H2,1-2H3,(H3,21,22,23,24). The highest BCUT2D eigenvalue weighted by Gasteiger charge is 2.32. The van der Waals surface area contributed by atoms with E-state index in [0.717, 1.165) is 29.0 Å². The Kier molecular flexibility index (Phi) is 4.58. The van der Waals surface area contributed by atoms with E-state index in [-0.39, 0.29) is 18.0 Å². The number of nitrogen functional groups attached to an aromatic ring is 1. The van der Waals surface area contributed by atoms with Gasteiger partial charge in [-0.15, -0.1) is 5.10 Å². The number of nitrogens with one attached hydrogen (secondary N) is 1. The van der Waals surface area contributed by atoms with Gasteiger partial charge in [0.15, 0.2) is 0 Å². The first-order chi connectivity index (χ1) is 13.2. The molecule has 2 aromatic carbocycles. The second-order valence-electron chi connectivity index (χ2n) is 6.43. The monoisotopic (exact) mass is 365 g/mol. The van der Waals surface area contributed by atoms with Crippen LogP contribution in [0.25, 0.3) is 0 Å². The number of aromatic nitrogens is 3. The van der Waals surface area contributed by atoms with E-state index >= 15 is 0 Å². The molecule has 0 spiro atoms. The van der Waals surface area contributed by atoms with E-state index in [1.54, 1.807) is 7.11 Å². The smallest absolute Gasteiger partial charge is 0.241 e. The number of nitrogens with two attached hydrogens (primary N) is 1. The van der Waals surface area contributed by atoms with Crippen molar-refractivity contribution in [1.29, 1.82) is 0 Å². The molecule has 7 nitrogen and oxygen atoms in total. The fourth-order valence-electron chi connectivity index (χ4n) is 3.58. The van der Waals surface area contributed by atoms with Crippen LogP contribution in [0.4, 0.5) is 11.9 Å². The van der Waals surface area contributed by atoms with E-state index in [4.69, 9.17) is 15.2 Å². The minimum Gasteiger partial charge on any atom is -0.496 e. The molecule has 7 heteroatoms. The fourth-order valence-corrected chi connectivity index (χ4v) is 3.58. The van der Waals surface area contributed by atoms with Crippen LogP contribution in [-0.4, -0.2) is 28.5 Å². The number of fused-ring (bicyclic) bond motifs is 1. The Hall–Kier alpha value is -3.22. The van der Waals surface area contributed by atoms with Crippen LogP contribution >= 0.6 is 0 Å². The fraction of sp³-hybridized carbons (Fsp3) is 0.300. The van der Waals surface area contributed by atoms with E-state index in [9.17, 15) is 0 Å². The Morgan fingerprint density at radius 2 is 1.96 bits per heavy atom. The highest BCUT2D eigenvalue weighted by molar-refractivity contribution is 5.45. The third-order valence-corrected chi connectivity index (χ3v) is 4.80. The van der Waals surface area contributed by atoms with Crippen molar-refractivity contribution < 1.29 is 9.47 Å². The van der Waals surface area contributed by atoms with Gasteiger partial charge in [0.1, 0.15) is 11.5 Å². The van der Waals surface area contributed by atoms with Gasteiger partial charge in [-0.1, -0.05) is 30.3 Å². The summed E-state index contributed by atoms with van der Waals surface area (Å²) in [5.74, 6) is 2.61. The molecule has 1 aromatic heterocycles. The van der Waals surface area contributed by atoms with Gasteiger partial charge in [-0.2, -0.15) is 4.98 Å². The average molecular weight is 365 g/mol. The number of benzene rings is 2. The number of hydrogen-bond acceptors (Lipinski definition) is 6. The van der Waals surface area contributed by atoms with Crippen LogP contribution in [0.1, 0.15) is 36.6 Å². The summed E-state index contributed by atoms with van der Waals surface area (Å²) in [7, 11) is 1.68. The zero-order valence-corrected chi connectivity index (χ0v) is 15.4. The highest BCUT2D eigenvalue weighted by Crippen LogP contribution is 2.41. The lowest BCUT2D eigenvalue weighted by Gasteiger charge is -2.32. The molecule has 0 fully saturated rings. The topological polar surface area (TPSA) is 87.2 Å². The molecular weight excluding hydrogens is 342 g/mol. The number of para-hydroxylation sites is 1. The molecule has 2 atom stereocenters. The van der Waals surface area contributed by atoms with Crippen LogP contribution in [-0.2, 0) is 0 Å². The van der Waals surface area contributed by atoms with E-state index in [1.807, 2.05) is 41.9 Å². The summed E-state index contributed by atoms with van der Waals surface area (Å²) in [4.78, 5) is 4.36. The molecular formula is C20H23N5O2. The molecule has 0 bridgehead atoms. The van der Waals surface area contributed by atoms with Gasteiger partial charge in [-0.05, 0) is 37.1 Å². The molecule has 27 heavy (non-hydrogen) atoms. The van der Waals surface area contributed by atoms with Crippen molar-refractivity contribution in [3.63, 3.8) is 0 Å². The van der Waals surface area contributed by atoms with Crippen LogP contribution in [0.15, 0.2) is 48.5 Å². The number of hydrogen-bond donors (Lipinski definition) is 2. The number of methoxy groups -OCH3 is 1. The predicted molar refractivity (Wildman–Crippen MR) is 104 cm³/mol. The second-order valence-corrected chi connectivity index (χ2v) is 6.43. The van der Waals surface area contributed by atoms with E-state index in [0.29, 0.717) is 12.6 Å². The van der Waals surface area contributed by atoms with E-state index < -0.39 is 0 Å². The Balaban J connectivity index is 1.71. The summed E-state index contributed by atoms with van der Waals surface area (Å²) in [5.41, 5.74) is 8.09. The normalized spacial score (nSPS) is 18.4. The quantitative estimate of drug-likeness (QED) is 0.720. The second kappa shape index (κ2) is 7.19. The first-order valence-electron chi connectivity index (χ1n) is 9.03. The maximum absolute atomic E-state index is 5.88. The molecule has 3 aromatic rings. The Bertz CT molecular complexity index is 922. The van der Waals surface area contributed by atoms with Crippen molar-refractivity contribution in [2.45, 2.75) is 25.4 Å². The molecule has 2 unspecified atom stereocenters. The zero-order valence-electron chi connectivity index (χ0n) is 15.4. The summed E-state index contributed by atoms with van der Waals surface area (Å²) in [6.07, 6.45) is 0.796. The average Bonchev–Trinajstić information content (AvgIpc) is 3.08. The molecule has 0 aliphatic carbocycles. The maximum Gasteiger partial charge on any atom is 0.241 e. The van der Waals surface area contributed by atoms with Crippen molar-refractivity contribution in [3.8, 4) is 11.5 Å². The number of rotatable bonds is 5. The summed E-state index contributed by atoms with van der Waals surface area (Å²) in [5, 5.41) is 7.85.